The fourth-order valence-corrected chi connectivity index (χ4v) is 3.46. The molecule has 2 unspecified atom stereocenters. The lowest BCUT2D eigenvalue weighted by Crippen LogP contribution is -2.40. The molecule has 0 amide bonds. The van der Waals surface area contributed by atoms with Crippen LogP contribution >= 0.6 is 11.8 Å². The Kier molecular flexibility index (Phi) is 5.47. The number of benzene rings is 1. The van der Waals surface area contributed by atoms with E-state index >= 15 is 0 Å². The molecule has 1 fully saturated rings. The summed E-state index contributed by atoms with van der Waals surface area (Å²) < 4.78 is 18.6. The van der Waals surface area contributed by atoms with E-state index in [9.17, 15) is 4.39 Å². The first kappa shape index (κ1) is 13.8. The van der Waals surface area contributed by atoms with E-state index in [1.165, 1.54) is 12.5 Å². The quantitative estimate of drug-likeness (QED) is 0.830. The summed E-state index contributed by atoms with van der Waals surface area (Å²) in [5, 5.41) is 3.36. The van der Waals surface area contributed by atoms with Crippen molar-refractivity contribution >= 4 is 11.8 Å². The van der Waals surface area contributed by atoms with Crippen LogP contribution in [0.2, 0.25) is 0 Å². The van der Waals surface area contributed by atoms with Gasteiger partial charge in [0.05, 0.1) is 6.61 Å². The molecule has 0 saturated carbocycles. The number of hydrogen-bond donors (Lipinski definition) is 1. The van der Waals surface area contributed by atoms with Crippen molar-refractivity contribution in [3.63, 3.8) is 0 Å². The van der Waals surface area contributed by atoms with E-state index < -0.39 is 0 Å². The van der Waals surface area contributed by atoms with Gasteiger partial charge < -0.3 is 10.1 Å². The van der Waals surface area contributed by atoms with Crippen LogP contribution in [0, 0.1) is 11.7 Å². The Balaban J connectivity index is 1.86. The molecule has 0 radical (unpaired) electrons. The van der Waals surface area contributed by atoms with Crippen molar-refractivity contribution in [2.75, 3.05) is 26.0 Å². The van der Waals surface area contributed by atoms with E-state index in [0.29, 0.717) is 12.0 Å². The second-order valence-electron chi connectivity index (χ2n) is 4.64. The zero-order valence-electron chi connectivity index (χ0n) is 10.7. The molecule has 2 nitrogen and oxygen atoms in total. The van der Waals surface area contributed by atoms with E-state index in [1.54, 1.807) is 23.9 Å². The van der Waals surface area contributed by atoms with Gasteiger partial charge in [-0.25, -0.2) is 4.39 Å². The van der Waals surface area contributed by atoms with Gasteiger partial charge in [-0.15, -0.1) is 11.8 Å². The number of nitrogens with one attached hydrogen (secondary N) is 1. The molecule has 0 aromatic heterocycles. The average molecular weight is 269 g/mol. The molecule has 4 heteroatoms. The Hall–Kier alpha value is -0.580. The minimum atomic E-state index is -0.165. The van der Waals surface area contributed by atoms with Crippen LogP contribution in [-0.4, -0.2) is 32.1 Å². The van der Waals surface area contributed by atoms with Gasteiger partial charge in [0.15, 0.2) is 0 Å². The molecule has 2 rings (SSSR count). The van der Waals surface area contributed by atoms with Crippen LogP contribution in [0.25, 0.3) is 0 Å². The lowest BCUT2D eigenvalue weighted by atomic mass is 9.95. The summed E-state index contributed by atoms with van der Waals surface area (Å²) in [6.45, 7) is 1.74. The minimum absolute atomic E-state index is 0.165. The van der Waals surface area contributed by atoms with Crippen molar-refractivity contribution in [1.82, 2.24) is 5.32 Å². The largest absolute Gasteiger partial charge is 0.381 e. The highest BCUT2D eigenvalue weighted by molar-refractivity contribution is 7.99. The molecule has 1 aromatic carbocycles. The Bertz CT molecular complexity index is 369. The number of thioether (sulfide) groups is 1. The molecule has 1 heterocycles. The van der Waals surface area contributed by atoms with Crippen molar-refractivity contribution in [2.45, 2.75) is 23.8 Å². The maximum absolute atomic E-state index is 13.1. The third-order valence-electron chi connectivity index (χ3n) is 3.36. The lowest BCUT2D eigenvalue weighted by Gasteiger charge is -2.29. The zero-order valence-corrected chi connectivity index (χ0v) is 11.5. The van der Waals surface area contributed by atoms with Crippen molar-refractivity contribution in [1.29, 1.82) is 0 Å². The fourth-order valence-electron chi connectivity index (χ4n) is 2.28. The first-order valence-electron chi connectivity index (χ1n) is 6.43. The number of halogens is 1. The van der Waals surface area contributed by atoms with Crippen LogP contribution in [-0.2, 0) is 4.74 Å². The monoisotopic (exact) mass is 269 g/mol. The minimum Gasteiger partial charge on any atom is -0.381 e. The van der Waals surface area contributed by atoms with Gasteiger partial charge >= 0.3 is 0 Å². The molecular weight excluding hydrogens is 249 g/mol. The molecule has 1 aromatic rings. The zero-order chi connectivity index (χ0) is 12.8. The normalized spacial score (nSPS) is 21.8. The summed E-state index contributed by atoms with van der Waals surface area (Å²) in [5.74, 6) is 1.36. The van der Waals surface area contributed by atoms with Gasteiger partial charge in [0.25, 0.3) is 0 Å². The molecule has 0 spiro atoms. The second-order valence-corrected chi connectivity index (χ2v) is 5.73. The molecular formula is C14H20FNOS. The van der Waals surface area contributed by atoms with Crippen LogP contribution in [0.15, 0.2) is 29.2 Å². The maximum atomic E-state index is 13.1. The Labute approximate surface area is 112 Å². The summed E-state index contributed by atoms with van der Waals surface area (Å²) in [4.78, 5) is 0.993. The lowest BCUT2D eigenvalue weighted by molar-refractivity contribution is 0.0437. The van der Waals surface area contributed by atoms with E-state index in [2.05, 4.69) is 5.32 Å². The summed E-state index contributed by atoms with van der Waals surface area (Å²) in [6.07, 6.45) is 2.36. The molecule has 18 heavy (non-hydrogen) atoms. The van der Waals surface area contributed by atoms with Crippen LogP contribution in [0.4, 0.5) is 4.39 Å². The highest BCUT2D eigenvalue weighted by Crippen LogP contribution is 2.24. The summed E-state index contributed by atoms with van der Waals surface area (Å²) in [6, 6.07) is 7.22. The fraction of sp³-hybridized carbons (Fsp3) is 0.571. The van der Waals surface area contributed by atoms with Crippen LogP contribution < -0.4 is 5.32 Å². The highest BCUT2D eigenvalue weighted by Gasteiger charge is 2.22. The molecule has 1 aliphatic heterocycles. The molecule has 0 bridgehead atoms. The van der Waals surface area contributed by atoms with E-state index in [0.717, 1.165) is 30.3 Å². The summed E-state index contributed by atoms with van der Waals surface area (Å²) in [7, 11) is 1.99. The van der Waals surface area contributed by atoms with Crippen molar-refractivity contribution in [2.24, 2.45) is 5.92 Å². The van der Waals surface area contributed by atoms with Gasteiger partial charge in [0.2, 0.25) is 0 Å². The van der Waals surface area contributed by atoms with Gasteiger partial charge in [-0.3, -0.25) is 0 Å². The predicted octanol–water partition coefficient (Wildman–Crippen LogP) is 2.93. The van der Waals surface area contributed by atoms with Gasteiger partial charge in [0.1, 0.15) is 5.82 Å². The average Bonchev–Trinajstić information content (AvgIpc) is 2.41. The molecule has 1 aliphatic rings. The second kappa shape index (κ2) is 7.12. The first-order valence-corrected chi connectivity index (χ1v) is 7.41. The maximum Gasteiger partial charge on any atom is 0.124 e. The van der Waals surface area contributed by atoms with E-state index in [-0.39, 0.29) is 5.82 Å². The van der Waals surface area contributed by atoms with Crippen molar-refractivity contribution < 1.29 is 9.13 Å². The van der Waals surface area contributed by atoms with Crippen molar-refractivity contribution in [3.05, 3.63) is 30.1 Å². The highest BCUT2D eigenvalue weighted by atomic mass is 32.2. The first-order chi connectivity index (χ1) is 8.79. The third-order valence-corrected chi connectivity index (χ3v) is 4.47. The molecule has 100 valence electrons. The third kappa shape index (κ3) is 3.97. The smallest absolute Gasteiger partial charge is 0.124 e. The Morgan fingerprint density at radius 2 is 2.44 bits per heavy atom. The number of hydrogen-bond acceptors (Lipinski definition) is 3. The van der Waals surface area contributed by atoms with Gasteiger partial charge in [0, 0.05) is 23.3 Å². The van der Waals surface area contributed by atoms with Crippen LogP contribution in [0.3, 0.4) is 0 Å². The number of ether oxygens (including phenoxy) is 1. The summed E-state index contributed by atoms with van der Waals surface area (Å²) in [5.41, 5.74) is 0. The number of rotatable bonds is 5. The van der Waals surface area contributed by atoms with E-state index in [1.807, 2.05) is 13.1 Å². The van der Waals surface area contributed by atoms with E-state index in [4.69, 9.17) is 4.74 Å². The van der Waals surface area contributed by atoms with Gasteiger partial charge in [-0.2, -0.15) is 0 Å². The molecule has 0 aliphatic carbocycles. The standard InChI is InChI=1S/C14H20FNOS/c1-16-14(11-4-3-7-17-9-11)10-18-13-6-2-5-12(15)8-13/h2,5-6,8,11,14,16H,3-4,7,9-10H2,1H3. The van der Waals surface area contributed by atoms with Gasteiger partial charge in [-0.1, -0.05) is 6.07 Å². The SMILES string of the molecule is CNC(CSc1cccc(F)c1)C1CCCOC1. The summed E-state index contributed by atoms with van der Waals surface area (Å²) >= 11 is 1.70. The Morgan fingerprint density at radius 1 is 1.56 bits per heavy atom. The molecule has 1 N–H and O–H groups in total. The molecule has 2 atom stereocenters. The van der Waals surface area contributed by atoms with Crippen LogP contribution in [0.5, 0.6) is 0 Å². The van der Waals surface area contributed by atoms with Crippen LogP contribution in [0.1, 0.15) is 12.8 Å². The van der Waals surface area contributed by atoms with Crippen molar-refractivity contribution in [3.8, 4) is 0 Å². The topological polar surface area (TPSA) is 21.3 Å². The van der Waals surface area contributed by atoms with Gasteiger partial charge in [-0.05, 0) is 44.0 Å². The predicted molar refractivity (Wildman–Crippen MR) is 73.5 cm³/mol. The Morgan fingerprint density at radius 3 is 3.11 bits per heavy atom. The molecule has 1 saturated heterocycles.